The number of thioether (sulfide) groups is 1. The summed E-state index contributed by atoms with van der Waals surface area (Å²) >= 11 is 5.69. The first-order chi connectivity index (χ1) is 7.70. The standard InChI is InChI=1S/C13H18BrNS/c1-13(7-4-8-16-13)10-15-9-11-5-2-3-6-12(11)14/h2-3,5-6,15H,4,7-10H2,1H3. The maximum absolute atomic E-state index is 3.58. The van der Waals surface area contributed by atoms with E-state index in [0.29, 0.717) is 4.75 Å². The van der Waals surface area contributed by atoms with E-state index in [1.807, 2.05) is 0 Å². The van der Waals surface area contributed by atoms with Gasteiger partial charge < -0.3 is 5.32 Å². The molecule has 3 heteroatoms. The van der Waals surface area contributed by atoms with Crippen molar-refractivity contribution in [3.05, 3.63) is 34.3 Å². The van der Waals surface area contributed by atoms with Gasteiger partial charge in [-0.05, 0) is 37.1 Å². The number of halogens is 1. The fourth-order valence-corrected chi connectivity index (χ4v) is 3.78. The molecule has 0 bridgehead atoms. The van der Waals surface area contributed by atoms with E-state index in [1.165, 1.54) is 28.6 Å². The van der Waals surface area contributed by atoms with E-state index < -0.39 is 0 Å². The Labute approximate surface area is 111 Å². The highest BCUT2D eigenvalue weighted by Crippen LogP contribution is 2.37. The van der Waals surface area contributed by atoms with E-state index in [9.17, 15) is 0 Å². The number of nitrogens with one attached hydrogen (secondary N) is 1. The SMILES string of the molecule is CC1(CNCc2ccccc2Br)CCCS1. The number of benzene rings is 1. The number of rotatable bonds is 4. The summed E-state index contributed by atoms with van der Waals surface area (Å²) in [6, 6.07) is 8.42. The summed E-state index contributed by atoms with van der Waals surface area (Å²) < 4.78 is 1.66. The molecule has 1 unspecified atom stereocenters. The van der Waals surface area contributed by atoms with E-state index in [-0.39, 0.29) is 0 Å². The highest BCUT2D eigenvalue weighted by atomic mass is 79.9. The topological polar surface area (TPSA) is 12.0 Å². The monoisotopic (exact) mass is 299 g/mol. The molecule has 2 rings (SSSR count). The van der Waals surface area contributed by atoms with Crippen LogP contribution in [-0.4, -0.2) is 17.0 Å². The Bertz CT molecular complexity index is 348. The smallest absolute Gasteiger partial charge is 0.0256 e. The second kappa shape index (κ2) is 5.56. The summed E-state index contributed by atoms with van der Waals surface area (Å²) in [5.41, 5.74) is 1.34. The Kier molecular flexibility index (Phi) is 4.34. The van der Waals surface area contributed by atoms with Crippen LogP contribution >= 0.6 is 27.7 Å². The average Bonchev–Trinajstić information content (AvgIpc) is 2.68. The zero-order valence-corrected chi connectivity index (χ0v) is 12.0. The van der Waals surface area contributed by atoms with Gasteiger partial charge in [-0.2, -0.15) is 11.8 Å². The predicted octanol–water partition coefficient (Wildman–Crippen LogP) is 3.82. The van der Waals surface area contributed by atoms with Crippen LogP contribution in [0.25, 0.3) is 0 Å². The summed E-state index contributed by atoms with van der Waals surface area (Å²) in [5, 5.41) is 3.57. The highest BCUT2D eigenvalue weighted by Gasteiger charge is 2.28. The molecule has 1 heterocycles. The molecule has 1 atom stereocenters. The summed E-state index contributed by atoms with van der Waals surface area (Å²) in [6.45, 7) is 4.44. The largest absolute Gasteiger partial charge is 0.311 e. The van der Waals surface area contributed by atoms with Crippen molar-refractivity contribution in [1.29, 1.82) is 0 Å². The fraction of sp³-hybridized carbons (Fsp3) is 0.538. The van der Waals surface area contributed by atoms with E-state index >= 15 is 0 Å². The van der Waals surface area contributed by atoms with Crippen LogP contribution in [0.5, 0.6) is 0 Å². The second-order valence-corrected chi connectivity index (χ2v) is 7.13. The molecule has 1 aliphatic rings. The molecule has 0 spiro atoms. The minimum absolute atomic E-state index is 0.460. The lowest BCUT2D eigenvalue weighted by atomic mass is 10.1. The van der Waals surface area contributed by atoms with Crippen LogP contribution in [0.15, 0.2) is 28.7 Å². The van der Waals surface area contributed by atoms with E-state index in [1.54, 1.807) is 0 Å². The number of hydrogen-bond acceptors (Lipinski definition) is 2. The first-order valence-electron chi connectivity index (χ1n) is 5.78. The maximum atomic E-state index is 3.58. The number of hydrogen-bond donors (Lipinski definition) is 1. The maximum Gasteiger partial charge on any atom is 0.0256 e. The summed E-state index contributed by atoms with van der Waals surface area (Å²) in [7, 11) is 0. The lowest BCUT2D eigenvalue weighted by molar-refractivity contribution is 0.536. The summed E-state index contributed by atoms with van der Waals surface area (Å²) in [4.78, 5) is 0. The van der Waals surface area contributed by atoms with Gasteiger partial charge in [-0.15, -0.1) is 0 Å². The fourth-order valence-electron chi connectivity index (χ4n) is 2.08. The molecular weight excluding hydrogens is 282 g/mol. The molecule has 1 aliphatic heterocycles. The third-order valence-corrected chi connectivity index (χ3v) is 5.38. The van der Waals surface area contributed by atoms with Gasteiger partial charge in [-0.25, -0.2) is 0 Å². The Morgan fingerprint density at radius 2 is 2.25 bits per heavy atom. The summed E-state index contributed by atoms with van der Waals surface area (Å²) in [5.74, 6) is 1.33. The van der Waals surface area contributed by atoms with Gasteiger partial charge in [-0.1, -0.05) is 34.1 Å². The lowest BCUT2D eigenvalue weighted by Crippen LogP contribution is -2.32. The van der Waals surface area contributed by atoms with Crippen molar-refractivity contribution < 1.29 is 0 Å². The first kappa shape index (κ1) is 12.5. The molecule has 0 radical (unpaired) electrons. The molecule has 1 aromatic carbocycles. The second-order valence-electron chi connectivity index (χ2n) is 4.60. The van der Waals surface area contributed by atoms with Crippen LogP contribution in [0.2, 0.25) is 0 Å². The molecule has 1 aromatic rings. The predicted molar refractivity (Wildman–Crippen MR) is 75.9 cm³/mol. The molecule has 0 amide bonds. The quantitative estimate of drug-likeness (QED) is 0.907. The van der Waals surface area contributed by atoms with Crippen LogP contribution in [0.1, 0.15) is 25.3 Å². The lowest BCUT2D eigenvalue weighted by Gasteiger charge is -2.23. The summed E-state index contributed by atoms with van der Waals surface area (Å²) in [6.07, 6.45) is 2.72. The Hall–Kier alpha value is 0.01000. The van der Waals surface area contributed by atoms with Gasteiger partial charge in [0.05, 0.1) is 0 Å². The molecule has 0 aromatic heterocycles. The van der Waals surface area contributed by atoms with Gasteiger partial charge >= 0.3 is 0 Å². The minimum atomic E-state index is 0.460. The molecular formula is C13H18BrNS. The zero-order valence-electron chi connectivity index (χ0n) is 9.63. The van der Waals surface area contributed by atoms with E-state index in [0.717, 1.165) is 13.1 Å². The molecule has 16 heavy (non-hydrogen) atoms. The van der Waals surface area contributed by atoms with Crippen LogP contribution in [-0.2, 0) is 6.54 Å². The van der Waals surface area contributed by atoms with Gasteiger partial charge in [-0.3, -0.25) is 0 Å². The van der Waals surface area contributed by atoms with Crippen molar-refractivity contribution in [3.8, 4) is 0 Å². The van der Waals surface area contributed by atoms with Gasteiger partial charge in [0.15, 0.2) is 0 Å². The average molecular weight is 300 g/mol. The third kappa shape index (κ3) is 3.25. The van der Waals surface area contributed by atoms with Gasteiger partial charge in [0.2, 0.25) is 0 Å². The minimum Gasteiger partial charge on any atom is -0.311 e. The van der Waals surface area contributed by atoms with Crippen molar-refractivity contribution >= 4 is 27.7 Å². The van der Waals surface area contributed by atoms with Crippen LogP contribution in [0.4, 0.5) is 0 Å². The van der Waals surface area contributed by atoms with Crippen LogP contribution < -0.4 is 5.32 Å². The van der Waals surface area contributed by atoms with Crippen LogP contribution in [0.3, 0.4) is 0 Å². The van der Waals surface area contributed by atoms with Crippen molar-refractivity contribution in [3.63, 3.8) is 0 Å². The molecule has 1 saturated heterocycles. The van der Waals surface area contributed by atoms with E-state index in [2.05, 4.69) is 64.2 Å². The zero-order chi connectivity index (χ0) is 11.4. The first-order valence-corrected chi connectivity index (χ1v) is 7.56. The Balaban J connectivity index is 1.82. The molecule has 88 valence electrons. The van der Waals surface area contributed by atoms with Crippen molar-refractivity contribution in [2.45, 2.75) is 31.1 Å². The van der Waals surface area contributed by atoms with Gasteiger partial charge in [0.1, 0.15) is 0 Å². The van der Waals surface area contributed by atoms with Gasteiger partial charge in [0, 0.05) is 22.3 Å². The van der Waals surface area contributed by atoms with Crippen molar-refractivity contribution in [2.24, 2.45) is 0 Å². The molecule has 0 saturated carbocycles. The molecule has 0 aliphatic carbocycles. The van der Waals surface area contributed by atoms with Crippen molar-refractivity contribution in [2.75, 3.05) is 12.3 Å². The third-order valence-electron chi connectivity index (χ3n) is 3.07. The van der Waals surface area contributed by atoms with Crippen molar-refractivity contribution in [1.82, 2.24) is 5.32 Å². The normalized spacial score (nSPS) is 24.9. The Morgan fingerprint density at radius 3 is 2.94 bits per heavy atom. The Morgan fingerprint density at radius 1 is 1.44 bits per heavy atom. The van der Waals surface area contributed by atoms with Crippen LogP contribution in [0, 0.1) is 0 Å². The molecule has 1 N–H and O–H groups in total. The highest BCUT2D eigenvalue weighted by molar-refractivity contribution is 9.10. The molecule has 1 fully saturated rings. The van der Waals surface area contributed by atoms with E-state index in [4.69, 9.17) is 0 Å². The molecule has 1 nitrogen and oxygen atoms in total. The van der Waals surface area contributed by atoms with Gasteiger partial charge in [0.25, 0.3) is 0 Å².